The van der Waals surface area contributed by atoms with E-state index < -0.39 is 20.5 Å². The van der Waals surface area contributed by atoms with Gasteiger partial charge in [-0.15, -0.1) is 0 Å². The number of rotatable bonds is 6. The molecule has 1 N–H and O–H groups in total. The first-order valence-electron chi connectivity index (χ1n) is 11.2. The molecule has 4 rings (SSSR count). The van der Waals surface area contributed by atoms with E-state index in [4.69, 9.17) is 0 Å². The van der Waals surface area contributed by atoms with Gasteiger partial charge in [0.25, 0.3) is 0 Å². The number of hydrogen-bond donors (Lipinski definition) is 1. The molecule has 8 heteroatoms. The van der Waals surface area contributed by atoms with Gasteiger partial charge in [0.05, 0.1) is 11.4 Å². The van der Waals surface area contributed by atoms with E-state index in [-0.39, 0.29) is 48.9 Å². The average molecular weight is 469 g/mol. The van der Waals surface area contributed by atoms with Gasteiger partial charge in [-0.3, -0.25) is 19.3 Å². The van der Waals surface area contributed by atoms with Gasteiger partial charge in [-0.05, 0) is 61.6 Å². The Morgan fingerprint density at radius 1 is 0.970 bits per heavy atom. The van der Waals surface area contributed by atoms with Crippen molar-refractivity contribution in [3.05, 3.63) is 59.2 Å². The van der Waals surface area contributed by atoms with E-state index in [0.717, 1.165) is 11.1 Å². The Morgan fingerprint density at radius 2 is 1.58 bits per heavy atom. The summed E-state index contributed by atoms with van der Waals surface area (Å²) in [4.78, 5) is 38.5. The van der Waals surface area contributed by atoms with Gasteiger partial charge < -0.3 is 5.32 Å². The zero-order valence-electron chi connectivity index (χ0n) is 18.9. The Kier molecular flexibility index (Phi) is 6.14. The number of aryl methyl sites for hydroxylation is 2. The van der Waals surface area contributed by atoms with Crippen LogP contribution in [0.1, 0.15) is 55.2 Å². The number of anilines is 1. The molecule has 1 aliphatic carbocycles. The topological polar surface area (TPSA) is 101 Å². The fourth-order valence-electron chi connectivity index (χ4n) is 4.69. The second-order valence-corrected chi connectivity index (χ2v) is 11.2. The van der Waals surface area contributed by atoms with Crippen LogP contribution in [0.15, 0.2) is 47.4 Å². The minimum absolute atomic E-state index is 0.183. The number of benzene rings is 2. The summed E-state index contributed by atoms with van der Waals surface area (Å²) in [7, 11) is -3.90. The zero-order chi connectivity index (χ0) is 23.8. The molecule has 0 bridgehead atoms. The van der Waals surface area contributed by atoms with Crippen molar-refractivity contribution in [1.82, 2.24) is 4.90 Å². The molecule has 2 aromatic rings. The van der Waals surface area contributed by atoms with Crippen LogP contribution in [0.2, 0.25) is 0 Å². The molecule has 1 saturated heterocycles. The number of carbonyl (C=O) groups is 3. The van der Waals surface area contributed by atoms with Gasteiger partial charge in [-0.25, -0.2) is 8.42 Å². The number of nitrogens with zero attached hydrogens (tertiary/aromatic N) is 1. The summed E-state index contributed by atoms with van der Waals surface area (Å²) in [6, 6.07) is 12.1. The van der Waals surface area contributed by atoms with Crippen molar-refractivity contribution < 1.29 is 22.8 Å². The Hall–Kier alpha value is -3.00. The first-order chi connectivity index (χ1) is 15.6. The van der Waals surface area contributed by atoms with Gasteiger partial charge in [0.2, 0.25) is 17.7 Å². The molecular weight excluding hydrogens is 440 g/mol. The number of hydrogen-bond acceptors (Lipinski definition) is 5. The zero-order valence-corrected chi connectivity index (χ0v) is 19.7. The second kappa shape index (κ2) is 8.74. The standard InChI is InChI=1S/C25H28N2O5S/c1-17-5-6-18(2)21(15-17)33(31,32)25(13-3-4-14-25)24(30)26-20-9-7-19(8-10-20)16-27-22(28)11-12-23(27)29/h5-10,15H,3-4,11-14,16H2,1-2H3,(H,26,30). The van der Waals surface area contributed by atoms with Crippen LogP contribution in [0.3, 0.4) is 0 Å². The van der Waals surface area contributed by atoms with Crippen molar-refractivity contribution in [2.24, 2.45) is 0 Å². The number of amides is 3. The van der Waals surface area contributed by atoms with Crippen LogP contribution in [-0.4, -0.2) is 35.8 Å². The second-order valence-electron chi connectivity index (χ2n) is 9.00. The first kappa shape index (κ1) is 23.2. The molecule has 1 saturated carbocycles. The molecule has 0 unspecified atom stereocenters. The van der Waals surface area contributed by atoms with Crippen molar-refractivity contribution >= 4 is 33.2 Å². The minimum atomic E-state index is -3.90. The third-order valence-corrected chi connectivity index (χ3v) is 9.32. The van der Waals surface area contributed by atoms with E-state index in [1.54, 1.807) is 43.3 Å². The lowest BCUT2D eigenvalue weighted by Crippen LogP contribution is -2.47. The third kappa shape index (κ3) is 4.19. The Labute approximate surface area is 194 Å². The summed E-state index contributed by atoms with van der Waals surface area (Å²) >= 11 is 0. The van der Waals surface area contributed by atoms with Crippen molar-refractivity contribution in [2.75, 3.05) is 5.32 Å². The quantitative estimate of drug-likeness (QED) is 0.652. The van der Waals surface area contributed by atoms with Gasteiger partial charge in [0.15, 0.2) is 14.6 Å². The van der Waals surface area contributed by atoms with Crippen LogP contribution in [0.25, 0.3) is 0 Å². The van der Waals surface area contributed by atoms with E-state index in [2.05, 4.69) is 5.32 Å². The van der Waals surface area contributed by atoms with Crippen molar-refractivity contribution in [2.45, 2.75) is 68.6 Å². The fraction of sp³-hybridized carbons (Fsp3) is 0.400. The first-order valence-corrected chi connectivity index (χ1v) is 12.7. The van der Waals surface area contributed by atoms with Crippen LogP contribution >= 0.6 is 0 Å². The van der Waals surface area contributed by atoms with Gasteiger partial charge in [0.1, 0.15) is 0 Å². The van der Waals surface area contributed by atoms with Crippen LogP contribution in [0, 0.1) is 13.8 Å². The minimum Gasteiger partial charge on any atom is -0.325 e. The third-order valence-electron chi connectivity index (χ3n) is 6.68. The molecular formula is C25H28N2O5S. The predicted molar refractivity (Wildman–Crippen MR) is 124 cm³/mol. The highest BCUT2D eigenvalue weighted by Gasteiger charge is 2.53. The van der Waals surface area contributed by atoms with E-state index in [0.29, 0.717) is 24.1 Å². The van der Waals surface area contributed by atoms with Gasteiger partial charge >= 0.3 is 0 Å². The normalized spacial score (nSPS) is 18.1. The maximum Gasteiger partial charge on any atom is 0.246 e. The molecule has 3 amide bonds. The maximum absolute atomic E-state index is 13.7. The lowest BCUT2D eigenvalue weighted by molar-refractivity contribution is -0.139. The molecule has 174 valence electrons. The van der Waals surface area contributed by atoms with Crippen LogP contribution in [-0.2, 0) is 30.8 Å². The molecule has 0 aromatic heterocycles. The molecule has 0 radical (unpaired) electrons. The van der Waals surface area contributed by atoms with Crippen molar-refractivity contribution in [1.29, 1.82) is 0 Å². The smallest absolute Gasteiger partial charge is 0.246 e. The van der Waals surface area contributed by atoms with E-state index in [9.17, 15) is 22.8 Å². The highest BCUT2D eigenvalue weighted by molar-refractivity contribution is 7.93. The van der Waals surface area contributed by atoms with E-state index in [1.165, 1.54) is 4.90 Å². The molecule has 2 aliphatic rings. The number of likely N-dealkylation sites (tertiary alicyclic amines) is 1. The monoisotopic (exact) mass is 468 g/mol. The van der Waals surface area contributed by atoms with Crippen LogP contribution < -0.4 is 5.32 Å². The van der Waals surface area contributed by atoms with E-state index in [1.807, 2.05) is 13.0 Å². The Bertz CT molecular complexity index is 1200. The largest absolute Gasteiger partial charge is 0.325 e. The van der Waals surface area contributed by atoms with Crippen LogP contribution in [0.5, 0.6) is 0 Å². The molecule has 2 aromatic carbocycles. The lowest BCUT2D eigenvalue weighted by Gasteiger charge is -2.28. The Balaban J connectivity index is 1.56. The van der Waals surface area contributed by atoms with Crippen molar-refractivity contribution in [3.63, 3.8) is 0 Å². The highest BCUT2D eigenvalue weighted by atomic mass is 32.2. The molecule has 1 heterocycles. The molecule has 0 spiro atoms. The van der Waals surface area contributed by atoms with Gasteiger partial charge in [0, 0.05) is 18.5 Å². The fourth-order valence-corrected chi connectivity index (χ4v) is 7.07. The SMILES string of the molecule is Cc1ccc(C)c(S(=O)(=O)C2(C(=O)Nc3ccc(CN4C(=O)CCC4=O)cc3)CCCC2)c1. The van der Waals surface area contributed by atoms with Crippen LogP contribution in [0.4, 0.5) is 5.69 Å². The lowest BCUT2D eigenvalue weighted by atomic mass is 10.1. The summed E-state index contributed by atoms with van der Waals surface area (Å²) in [5.74, 6) is -0.882. The summed E-state index contributed by atoms with van der Waals surface area (Å²) in [6.07, 6.45) is 2.40. The summed E-state index contributed by atoms with van der Waals surface area (Å²) in [5.41, 5.74) is 2.70. The molecule has 7 nitrogen and oxygen atoms in total. The summed E-state index contributed by atoms with van der Waals surface area (Å²) in [6.45, 7) is 3.78. The van der Waals surface area contributed by atoms with E-state index >= 15 is 0 Å². The highest BCUT2D eigenvalue weighted by Crippen LogP contribution is 2.42. The number of nitrogens with one attached hydrogen (secondary N) is 1. The molecule has 0 atom stereocenters. The number of sulfone groups is 1. The summed E-state index contributed by atoms with van der Waals surface area (Å²) < 4.78 is 26.0. The van der Waals surface area contributed by atoms with Gasteiger partial charge in [-0.1, -0.05) is 37.1 Å². The predicted octanol–water partition coefficient (Wildman–Crippen LogP) is 3.68. The van der Waals surface area contributed by atoms with Gasteiger partial charge in [-0.2, -0.15) is 0 Å². The van der Waals surface area contributed by atoms with Crippen molar-refractivity contribution in [3.8, 4) is 0 Å². The maximum atomic E-state index is 13.7. The summed E-state index contributed by atoms with van der Waals surface area (Å²) in [5, 5.41) is 2.81. The molecule has 1 aliphatic heterocycles. The molecule has 33 heavy (non-hydrogen) atoms. The number of imide groups is 1. The number of carbonyl (C=O) groups excluding carboxylic acids is 3. The average Bonchev–Trinajstić information content (AvgIpc) is 3.41. The Morgan fingerprint density at radius 3 is 2.18 bits per heavy atom. The molecule has 2 fully saturated rings.